The van der Waals surface area contributed by atoms with Gasteiger partial charge in [-0.25, -0.2) is 0 Å². The zero-order chi connectivity index (χ0) is 20.3. The summed E-state index contributed by atoms with van der Waals surface area (Å²) in [4.78, 5) is 14.1. The third-order valence-corrected chi connectivity index (χ3v) is 5.91. The van der Waals surface area contributed by atoms with E-state index in [0.717, 1.165) is 42.3 Å². The minimum absolute atomic E-state index is 0.122. The van der Waals surface area contributed by atoms with Crippen LogP contribution in [0.4, 0.5) is 5.69 Å². The molecular weight excluding hydrogens is 372 g/mol. The van der Waals surface area contributed by atoms with Crippen LogP contribution in [0.1, 0.15) is 43.0 Å². The highest BCUT2D eigenvalue weighted by molar-refractivity contribution is 6.31. The number of ether oxygens (including phenoxy) is 1. The molecule has 0 aliphatic carbocycles. The second kappa shape index (κ2) is 8.54. The zero-order valence-corrected chi connectivity index (χ0v) is 17.8. The maximum absolute atomic E-state index is 11.8. The Morgan fingerprint density at radius 2 is 2.04 bits per heavy atom. The smallest absolute Gasteiger partial charge is 0.314 e. The molecule has 3 rings (SSSR count). The van der Waals surface area contributed by atoms with Gasteiger partial charge in [-0.2, -0.15) is 0 Å². The van der Waals surface area contributed by atoms with E-state index in [2.05, 4.69) is 53.5 Å². The average Bonchev–Trinajstić information content (AvgIpc) is 2.66. The van der Waals surface area contributed by atoms with Crippen molar-refractivity contribution in [2.24, 2.45) is 5.41 Å². The van der Waals surface area contributed by atoms with Crippen LogP contribution in [0, 0.1) is 12.3 Å². The number of aryl methyl sites for hydroxylation is 1. The number of esters is 1. The first-order chi connectivity index (χ1) is 13.3. The molecule has 1 fully saturated rings. The monoisotopic (exact) mass is 400 g/mol. The van der Waals surface area contributed by atoms with E-state index in [0.29, 0.717) is 0 Å². The van der Waals surface area contributed by atoms with Gasteiger partial charge in [-0.3, -0.25) is 9.69 Å². The van der Waals surface area contributed by atoms with Gasteiger partial charge < -0.3 is 10.1 Å². The summed E-state index contributed by atoms with van der Waals surface area (Å²) in [6, 6.07) is 15.0. The van der Waals surface area contributed by atoms with Gasteiger partial charge in [0.05, 0.1) is 18.6 Å². The molecule has 5 heteroatoms. The summed E-state index contributed by atoms with van der Waals surface area (Å²) in [5.41, 5.74) is 4.31. The molecule has 4 nitrogen and oxygen atoms in total. The Hall–Kier alpha value is -2.04. The Bertz CT molecular complexity index is 846. The molecule has 1 aliphatic rings. The van der Waals surface area contributed by atoms with Crippen LogP contribution in [0.3, 0.4) is 0 Å². The number of carbonyl (C=O) groups excluding carboxylic acids is 1. The normalized spacial score (nSPS) is 16.9. The van der Waals surface area contributed by atoms with E-state index in [-0.39, 0.29) is 17.4 Å². The summed E-state index contributed by atoms with van der Waals surface area (Å²) in [6.07, 6.45) is 0.981. The third-order valence-electron chi connectivity index (χ3n) is 5.49. The number of halogens is 1. The van der Waals surface area contributed by atoms with Crippen molar-refractivity contribution in [1.29, 1.82) is 0 Å². The Kier molecular flexibility index (Phi) is 6.31. The van der Waals surface area contributed by atoms with Crippen molar-refractivity contribution >= 4 is 23.3 Å². The van der Waals surface area contributed by atoms with Crippen LogP contribution in [0.2, 0.25) is 5.02 Å². The van der Waals surface area contributed by atoms with Crippen molar-refractivity contribution in [2.45, 2.75) is 39.8 Å². The number of methoxy groups -OCH3 is 1. The summed E-state index contributed by atoms with van der Waals surface area (Å²) < 4.78 is 4.90. The molecule has 150 valence electrons. The fourth-order valence-corrected chi connectivity index (χ4v) is 4.07. The van der Waals surface area contributed by atoms with Gasteiger partial charge in [0.1, 0.15) is 0 Å². The number of anilines is 1. The van der Waals surface area contributed by atoms with Crippen LogP contribution in [0.15, 0.2) is 42.5 Å². The van der Waals surface area contributed by atoms with Gasteiger partial charge >= 0.3 is 5.97 Å². The number of nitrogens with zero attached hydrogens (tertiary/aromatic N) is 1. The number of benzene rings is 2. The lowest BCUT2D eigenvalue weighted by molar-refractivity contribution is -0.162. The van der Waals surface area contributed by atoms with E-state index < -0.39 is 0 Å². The van der Waals surface area contributed by atoms with Gasteiger partial charge in [0.2, 0.25) is 0 Å². The summed E-state index contributed by atoms with van der Waals surface area (Å²) in [6.45, 7) is 8.48. The molecule has 0 unspecified atom stereocenters. The number of carbonyl (C=O) groups is 1. The van der Waals surface area contributed by atoms with Gasteiger partial charge in [-0.15, -0.1) is 0 Å². The molecule has 0 aromatic heterocycles. The molecule has 0 saturated carbocycles. The molecule has 2 aromatic carbocycles. The first-order valence-corrected chi connectivity index (χ1v) is 10.1. The molecule has 1 N–H and O–H groups in total. The van der Waals surface area contributed by atoms with E-state index in [1.165, 1.54) is 18.2 Å². The van der Waals surface area contributed by atoms with Crippen molar-refractivity contribution in [3.63, 3.8) is 0 Å². The zero-order valence-electron chi connectivity index (χ0n) is 17.1. The summed E-state index contributed by atoms with van der Waals surface area (Å²) >= 11 is 6.17. The van der Waals surface area contributed by atoms with E-state index in [9.17, 15) is 4.79 Å². The molecule has 1 heterocycles. The Labute approximate surface area is 172 Å². The maximum Gasteiger partial charge on any atom is 0.314 e. The number of rotatable bonds is 7. The van der Waals surface area contributed by atoms with Crippen LogP contribution in [-0.4, -0.2) is 31.1 Å². The van der Waals surface area contributed by atoms with Crippen LogP contribution >= 0.6 is 11.6 Å². The van der Waals surface area contributed by atoms with Crippen LogP contribution < -0.4 is 5.32 Å². The summed E-state index contributed by atoms with van der Waals surface area (Å²) in [5, 5.41) is 4.45. The molecular formula is C23H29ClN2O2. The highest BCUT2D eigenvalue weighted by Crippen LogP contribution is 2.33. The molecule has 0 amide bonds. The minimum atomic E-state index is -0.371. The number of likely N-dealkylation sites (tertiary alicyclic amines) is 1. The fraction of sp³-hybridized carbons (Fsp3) is 0.435. The van der Waals surface area contributed by atoms with Crippen LogP contribution in [-0.2, 0) is 16.1 Å². The van der Waals surface area contributed by atoms with E-state index >= 15 is 0 Å². The van der Waals surface area contributed by atoms with Gasteiger partial charge in [-0.05, 0) is 55.2 Å². The van der Waals surface area contributed by atoms with Gasteiger partial charge in [0.15, 0.2) is 0 Å². The third kappa shape index (κ3) is 4.50. The van der Waals surface area contributed by atoms with Crippen molar-refractivity contribution in [3.05, 3.63) is 64.2 Å². The predicted octanol–water partition coefficient (Wildman–Crippen LogP) is 5.21. The van der Waals surface area contributed by atoms with E-state index in [1.807, 2.05) is 19.9 Å². The Morgan fingerprint density at radius 1 is 1.29 bits per heavy atom. The van der Waals surface area contributed by atoms with E-state index in [1.54, 1.807) is 0 Å². The number of hydrogen-bond donors (Lipinski definition) is 1. The topological polar surface area (TPSA) is 41.6 Å². The first-order valence-electron chi connectivity index (χ1n) is 9.77. The fourth-order valence-electron chi connectivity index (χ4n) is 3.95. The lowest BCUT2D eigenvalue weighted by Gasteiger charge is -2.45. The molecule has 1 aliphatic heterocycles. The van der Waals surface area contributed by atoms with Gasteiger partial charge in [-0.1, -0.05) is 42.8 Å². The van der Waals surface area contributed by atoms with Crippen molar-refractivity contribution in [1.82, 2.24) is 4.90 Å². The highest BCUT2D eigenvalue weighted by atomic mass is 35.5. The molecule has 1 atom stereocenters. The van der Waals surface area contributed by atoms with Crippen LogP contribution in [0.5, 0.6) is 0 Å². The molecule has 28 heavy (non-hydrogen) atoms. The highest BCUT2D eigenvalue weighted by Gasteiger charge is 2.45. The lowest BCUT2D eigenvalue weighted by atomic mass is 9.82. The average molecular weight is 401 g/mol. The van der Waals surface area contributed by atoms with Gasteiger partial charge in [0, 0.05) is 30.3 Å². The van der Waals surface area contributed by atoms with Crippen molar-refractivity contribution in [3.8, 4) is 0 Å². The standard InChI is InChI=1S/C23H29ClN2O2/c1-5-21(18-9-10-20(24)16(2)11-18)25-19-8-6-7-17(12-19)13-26-14-23(3,15-26)22(27)28-4/h6-12,21,25H,5,13-15H2,1-4H3/t21-/m1/s1. The molecule has 0 radical (unpaired) electrons. The Balaban J connectivity index is 1.64. The first kappa shape index (κ1) is 20.7. The lowest BCUT2D eigenvalue weighted by Crippen LogP contribution is -2.58. The van der Waals surface area contributed by atoms with E-state index in [4.69, 9.17) is 16.3 Å². The second-order valence-electron chi connectivity index (χ2n) is 8.01. The number of nitrogens with one attached hydrogen (secondary N) is 1. The second-order valence-corrected chi connectivity index (χ2v) is 8.42. The largest absolute Gasteiger partial charge is 0.469 e. The van der Waals surface area contributed by atoms with Crippen LogP contribution in [0.25, 0.3) is 0 Å². The predicted molar refractivity (Wildman–Crippen MR) is 115 cm³/mol. The maximum atomic E-state index is 11.8. The minimum Gasteiger partial charge on any atom is -0.469 e. The SMILES string of the molecule is CC[C@@H](Nc1cccc(CN2CC(C)(C(=O)OC)C2)c1)c1ccc(Cl)c(C)c1. The molecule has 0 spiro atoms. The number of hydrogen-bond acceptors (Lipinski definition) is 4. The van der Waals surface area contributed by atoms with Crippen molar-refractivity contribution < 1.29 is 9.53 Å². The molecule has 2 aromatic rings. The Morgan fingerprint density at radius 3 is 2.68 bits per heavy atom. The van der Waals surface area contributed by atoms with Gasteiger partial charge in [0.25, 0.3) is 0 Å². The molecule has 0 bridgehead atoms. The summed E-state index contributed by atoms with van der Waals surface area (Å²) in [7, 11) is 1.46. The molecule has 1 saturated heterocycles. The quantitative estimate of drug-likeness (QED) is 0.648. The van der Waals surface area contributed by atoms with Crippen molar-refractivity contribution in [2.75, 3.05) is 25.5 Å². The summed E-state index contributed by atoms with van der Waals surface area (Å²) in [5.74, 6) is -0.122.